The molecule has 26 heavy (non-hydrogen) atoms. The van der Waals surface area contributed by atoms with Gasteiger partial charge in [-0.3, -0.25) is 14.4 Å². The summed E-state index contributed by atoms with van der Waals surface area (Å²) in [6.07, 6.45) is 0.765. The third-order valence-electron chi connectivity index (χ3n) is 3.72. The lowest BCUT2D eigenvalue weighted by Gasteiger charge is -2.46. The zero-order valence-electron chi connectivity index (χ0n) is 15.7. The first kappa shape index (κ1) is 21.7. The fraction of sp³-hybridized carbons (Fsp3) is 0.765. The van der Waals surface area contributed by atoms with Crippen LogP contribution in [0.25, 0.3) is 0 Å². The van der Waals surface area contributed by atoms with Gasteiger partial charge in [0.2, 0.25) is 5.91 Å². The second kappa shape index (κ2) is 9.40. The van der Waals surface area contributed by atoms with E-state index in [9.17, 15) is 19.2 Å². The molecule has 1 saturated heterocycles. The van der Waals surface area contributed by atoms with Gasteiger partial charge in [0.1, 0.15) is 18.2 Å². The number of hydrogen-bond acceptors (Lipinski definition) is 6. The number of esters is 1. The van der Waals surface area contributed by atoms with Gasteiger partial charge in [-0.25, -0.2) is 4.79 Å². The Hall–Kier alpha value is -2.32. The maximum atomic E-state index is 12.3. The van der Waals surface area contributed by atoms with Crippen LogP contribution >= 0.6 is 0 Å². The lowest BCUT2D eigenvalue weighted by atomic mass is 9.91. The number of alkyl carbamates (subject to hydrolysis) is 1. The Morgan fingerprint density at radius 2 is 1.92 bits per heavy atom. The number of hydrogen-bond donors (Lipinski definition) is 2. The molecule has 0 bridgehead atoms. The van der Waals surface area contributed by atoms with Crippen molar-refractivity contribution in [3.05, 3.63) is 0 Å². The Bertz CT molecular complexity index is 542. The summed E-state index contributed by atoms with van der Waals surface area (Å²) in [7, 11) is 0. The van der Waals surface area contributed by atoms with Crippen LogP contribution in [0.2, 0.25) is 0 Å². The molecular weight excluding hydrogens is 344 g/mol. The predicted molar refractivity (Wildman–Crippen MR) is 91.4 cm³/mol. The maximum Gasteiger partial charge on any atom is 0.408 e. The van der Waals surface area contributed by atoms with Gasteiger partial charge in [-0.2, -0.15) is 0 Å². The van der Waals surface area contributed by atoms with E-state index in [0.717, 1.165) is 12.8 Å². The SMILES string of the molecule is CCCCOC(=O)CN1C(=O)C(NC(=O)OC(C)(C)C)C1CCC(=O)O. The summed E-state index contributed by atoms with van der Waals surface area (Å²) in [6, 6.07) is -1.50. The van der Waals surface area contributed by atoms with Crippen molar-refractivity contribution in [3.8, 4) is 0 Å². The number of carbonyl (C=O) groups is 4. The molecule has 1 rings (SSSR count). The molecule has 1 heterocycles. The molecule has 9 nitrogen and oxygen atoms in total. The highest BCUT2D eigenvalue weighted by molar-refractivity contribution is 5.94. The van der Waals surface area contributed by atoms with E-state index in [-0.39, 0.29) is 26.0 Å². The van der Waals surface area contributed by atoms with Crippen molar-refractivity contribution in [2.75, 3.05) is 13.2 Å². The molecule has 2 unspecified atom stereocenters. The largest absolute Gasteiger partial charge is 0.481 e. The second-order valence-electron chi connectivity index (χ2n) is 7.16. The number of likely N-dealkylation sites (tertiary alicyclic amines) is 1. The summed E-state index contributed by atoms with van der Waals surface area (Å²) >= 11 is 0. The summed E-state index contributed by atoms with van der Waals surface area (Å²) in [6.45, 7) is 7.04. The van der Waals surface area contributed by atoms with E-state index in [1.165, 1.54) is 4.90 Å². The molecule has 0 aromatic carbocycles. The highest BCUT2D eigenvalue weighted by Gasteiger charge is 2.49. The average Bonchev–Trinajstić information content (AvgIpc) is 2.50. The lowest BCUT2D eigenvalue weighted by molar-refractivity contribution is -0.162. The molecule has 0 aromatic rings. The Morgan fingerprint density at radius 3 is 2.46 bits per heavy atom. The van der Waals surface area contributed by atoms with Gasteiger partial charge in [0.15, 0.2) is 0 Å². The summed E-state index contributed by atoms with van der Waals surface area (Å²) < 4.78 is 10.2. The number of nitrogens with zero attached hydrogens (tertiary/aromatic N) is 1. The number of rotatable bonds is 9. The monoisotopic (exact) mass is 372 g/mol. The average molecular weight is 372 g/mol. The van der Waals surface area contributed by atoms with Gasteiger partial charge in [0, 0.05) is 6.42 Å². The molecule has 1 aliphatic heterocycles. The van der Waals surface area contributed by atoms with Crippen LogP contribution in [0.4, 0.5) is 4.79 Å². The third kappa shape index (κ3) is 6.89. The molecule has 0 spiro atoms. The van der Waals surface area contributed by atoms with E-state index >= 15 is 0 Å². The summed E-state index contributed by atoms with van der Waals surface area (Å²) in [4.78, 5) is 48.1. The standard InChI is InChI=1S/C17H28N2O7/c1-5-6-9-25-13(22)10-19-11(7-8-12(20)21)14(15(19)23)18-16(24)26-17(2,3)4/h11,14H,5-10H2,1-4H3,(H,18,24)(H,20,21). The topological polar surface area (TPSA) is 122 Å². The van der Waals surface area contributed by atoms with Gasteiger partial charge in [0.25, 0.3) is 0 Å². The van der Waals surface area contributed by atoms with Crippen molar-refractivity contribution >= 4 is 23.9 Å². The number of amides is 2. The first-order valence-corrected chi connectivity index (χ1v) is 8.72. The van der Waals surface area contributed by atoms with Crippen molar-refractivity contribution < 1.29 is 33.8 Å². The number of nitrogens with one attached hydrogen (secondary N) is 1. The molecule has 1 aliphatic rings. The van der Waals surface area contributed by atoms with Crippen LogP contribution < -0.4 is 5.32 Å². The van der Waals surface area contributed by atoms with E-state index in [2.05, 4.69) is 5.32 Å². The van der Waals surface area contributed by atoms with Crippen molar-refractivity contribution in [2.24, 2.45) is 0 Å². The molecular formula is C17H28N2O7. The first-order chi connectivity index (χ1) is 12.0. The number of β-lactam (4-membered cyclic amide) rings is 1. The lowest BCUT2D eigenvalue weighted by Crippen LogP contribution is -2.71. The van der Waals surface area contributed by atoms with Gasteiger partial charge in [-0.05, 0) is 33.6 Å². The summed E-state index contributed by atoms with van der Waals surface area (Å²) in [5, 5.41) is 11.3. The number of aliphatic carboxylic acids is 1. The van der Waals surface area contributed by atoms with Crippen LogP contribution in [0, 0.1) is 0 Å². The highest BCUT2D eigenvalue weighted by Crippen LogP contribution is 2.25. The second-order valence-corrected chi connectivity index (χ2v) is 7.16. The van der Waals surface area contributed by atoms with Crippen molar-refractivity contribution in [1.82, 2.24) is 10.2 Å². The number of carboxylic acid groups (broad SMARTS) is 1. The molecule has 0 aromatic heterocycles. The Labute approximate surface area is 153 Å². The molecule has 148 valence electrons. The normalized spacial score (nSPS) is 19.5. The number of unbranched alkanes of at least 4 members (excludes halogenated alkanes) is 1. The van der Waals surface area contributed by atoms with Gasteiger partial charge >= 0.3 is 18.0 Å². The number of carboxylic acids is 1. The zero-order valence-corrected chi connectivity index (χ0v) is 15.7. The maximum absolute atomic E-state index is 12.3. The minimum absolute atomic E-state index is 0.115. The van der Waals surface area contributed by atoms with E-state index in [4.69, 9.17) is 14.6 Å². The molecule has 2 amide bonds. The summed E-state index contributed by atoms with van der Waals surface area (Å²) in [5.41, 5.74) is -0.726. The van der Waals surface area contributed by atoms with E-state index < -0.39 is 41.6 Å². The van der Waals surface area contributed by atoms with Crippen LogP contribution in [0.3, 0.4) is 0 Å². The molecule has 2 N–H and O–H groups in total. The fourth-order valence-electron chi connectivity index (χ4n) is 2.50. The molecule has 9 heteroatoms. The third-order valence-corrected chi connectivity index (χ3v) is 3.72. The van der Waals surface area contributed by atoms with Crippen molar-refractivity contribution in [3.63, 3.8) is 0 Å². The fourth-order valence-corrected chi connectivity index (χ4v) is 2.50. The molecule has 0 radical (unpaired) electrons. The van der Waals surface area contributed by atoms with Crippen LogP contribution in [0.5, 0.6) is 0 Å². The highest BCUT2D eigenvalue weighted by atomic mass is 16.6. The minimum Gasteiger partial charge on any atom is -0.481 e. The van der Waals surface area contributed by atoms with Gasteiger partial charge in [-0.15, -0.1) is 0 Å². The van der Waals surface area contributed by atoms with Crippen LogP contribution in [-0.2, 0) is 23.9 Å². The van der Waals surface area contributed by atoms with Gasteiger partial charge in [0.05, 0.1) is 12.6 Å². The number of carbonyl (C=O) groups excluding carboxylic acids is 3. The van der Waals surface area contributed by atoms with E-state index in [1.54, 1.807) is 20.8 Å². The quantitative estimate of drug-likeness (QED) is 0.355. The molecule has 2 atom stereocenters. The Kier molecular flexibility index (Phi) is 7.85. The molecule has 0 aliphatic carbocycles. The predicted octanol–water partition coefficient (Wildman–Crippen LogP) is 1.30. The van der Waals surface area contributed by atoms with Crippen molar-refractivity contribution in [1.29, 1.82) is 0 Å². The number of ether oxygens (including phenoxy) is 2. The van der Waals surface area contributed by atoms with Crippen molar-refractivity contribution in [2.45, 2.75) is 71.1 Å². The van der Waals surface area contributed by atoms with Crippen LogP contribution in [0.15, 0.2) is 0 Å². The van der Waals surface area contributed by atoms with Gasteiger partial charge in [-0.1, -0.05) is 13.3 Å². The van der Waals surface area contributed by atoms with E-state index in [0.29, 0.717) is 0 Å². The molecule has 0 saturated carbocycles. The minimum atomic E-state index is -1.02. The van der Waals surface area contributed by atoms with Crippen LogP contribution in [-0.4, -0.2) is 64.8 Å². The van der Waals surface area contributed by atoms with Gasteiger partial charge < -0.3 is 24.8 Å². The Balaban J connectivity index is 2.67. The zero-order chi connectivity index (χ0) is 19.9. The first-order valence-electron chi connectivity index (χ1n) is 8.72. The smallest absolute Gasteiger partial charge is 0.408 e. The van der Waals surface area contributed by atoms with Crippen LogP contribution in [0.1, 0.15) is 53.4 Å². The summed E-state index contributed by atoms with van der Waals surface area (Å²) in [5.74, 6) is -2.03. The van der Waals surface area contributed by atoms with E-state index in [1.807, 2.05) is 6.92 Å². The Morgan fingerprint density at radius 1 is 1.27 bits per heavy atom. The molecule has 1 fully saturated rings.